The van der Waals surface area contributed by atoms with E-state index in [2.05, 4.69) is 10.2 Å². The number of hydrogen-bond donors (Lipinski definition) is 3. The summed E-state index contributed by atoms with van der Waals surface area (Å²) in [6, 6.07) is 8.90. The Bertz CT molecular complexity index is 777. The summed E-state index contributed by atoms with van der Waals surface area (Å²) in [4.78, 5) is 24.1. The van der Waals surface area contributed by atoms with E-state index >= 15 is 0 Å². The number of aryl methyl sites for hydroxylation is 1. The molecule has 7 nitrogen and oxygen atoms in total. The number of furan rings is 1. The number of methoxy groups -OCH3 is 1. The molecule has 1 aromatic carbocycles. The van der Waals surface area contributed by atoms with Gasteiger partial charge in [-0.05, 0) is 30.7 Å². The molecule has 1 unspecified atom stereocenters. The third-order valence-electron chi connectivity index (χ3n) is 3.49. The van der Waals surface area contributed by atoms with Crippen molar-refractivity contribution in [3.05, 3.63) is 54.0 Å². The maximum Gasteiger partial charge on any atom is 0.438 e. The van der Waals surface area contributed by atoms with E-state index in [1.165, 1.54) is 12.1 Å². The van der Waals surface area contributed by atoms with E-state index in [4.69, 9.17) is 4.42 Å². The molecule has 2 rings (SSSR count). The zero-order chi connectivity index (χ0) is 19.4. The molecule has 2 aromatic rings. The van der Waals surface area contributed by atoms with Gasteiger partial charge in [-0.15, -0.1) is 0 Å². The van der Waals surface area contributed by atoms with Gasteiger partial charge in [-0.25, -0.2) is 4.79 Å². The van der Waals surface area contributed by atoms with Gasteiger partial charge in [0.05, 0.1) is 19.1 Å². The Morgan fingerprint density at radius 1 is 1.12 bits per heavy atom. The van der Waals surface area contributed by atoms with Crippen LogP contribution in [-0.4, -0.2) is 30.8 Å². The number of hydrazine groups is 1. The number of rotatable bonds is 6. The van der Waals surface area contributed by atoms with Gasteiger partial charge in [0, 0.05) is 0 Å². The van der Waals surface area contributed by atoms with Gasteiger partial charge in [0.25, 0.3) is 5.91 Å². The number of carbonyl (C=O) groups is 2. The third-order valence-corrected chi connectivity index (χ3v) is 3.49. The van der Waals surface area contributed by atoms with Crippen LogP contribution in [0, 0.1) is 6.92 Å². The molecule has 0 spiro atoms. The lowest BCUT2D eigenvalue weighted by molar-refractivity contribution is -0.216. The summed E-state index contributed by atoms with van der Waals surface area (Å²) in [6.45, 7) is 1.65. The molecule has 0 aliphatic rings. The first-order valence-corrected chi connectivity index (χ1v) is 7.31. The quantitative estimate of drug-likeness (QED) is 0.410. The summed E-state index contributed by atoms with van der Waals surface area (Å²) in [7, 11) is 0.775. The number of hydrogen-bond acceptors (Lipinski definition) is 6. The Morgan fingerprint density at radius 2 is 1.81 bits per heavy atom. The van der Waals surface area contributed by atoms with Crippen LogP contribution in [0.4, 0.5) is 18.9 Å². The van der Waals surface area contributed by atoms with Crippen LogP contribution >= 0.6 is 0 Å². The molecule has 1 aromatic heterocycles. The molecule has 0 aliphatic heterocycles. The molecular formula is C16H16F3N3O4. The fourth-order valence-electron chi connectivity index (χ4n) is 2.06. The van der Waals surface area contributed by atoms with Crippen molar-refractivity contribution in [3.63, 3.8) is 0 Å². The number of alkyl halides is 3. The van der Waals surface area contributed by atoms with Gasteiger partial charge in [0.2, 0.25) is 0 Å². The first kappa shape index (κ1) is 19.3. The minimum absolute atomic E-state index is 0.275. The molecule has 0 aliphatic carbocycles. The van der Waals surface area contributed by atoms with Crippen LogP contribution in [-0.2, 0) is 9.53 Å². The highest BCUT2D eigenvalue weighted by atomic mass is 19.4. The van der Waals surface area contributed by atoms with E-state index in [0.29, 0.717) is 5.56 Å². The van der Waals surface area contributed by atoms with Gasteiger partial charge in [0.15, 0.2) is 5.76 Å². The normalized spacial score (nSPS) is 13.6. The van der Waals surface area contributed by atoms with Gasteiger partial charge in [-0.2, -0.15) is 18.6 Å². The Morgan fingerprint density at radius 3 is 2.35 bits per heavy atom. The molecule has 26 heavy (non-hydrogen) atoms. The largest absolute Gasteiger partial charge is 0.466 e. The standard InChI is InChI=1S/C16H16F3N3O4/c1-10-6-3-4-7-11(10)21-22-15(14(24)25-2,16(17,18)19)20-13(23)12-8-5-9-26-12/h3-9,21-22H,1-2H3,(H,20,23). The average Bonchev–Trinajstić information content (AvgIpc) is 3.12. The summed E-state index contributed by atoms with van der Waals surface area (Å²) >= 11 is 0. The van der Waals surface area contributed by atoms with Gasteiger partial charge in [-0.1, -0.05) is 18.2 Å². The number of nitrogens with one attached hydrogen (secondary N) is 3. The Labute approximate surface area is 146 Å². The molecule has 3 N–H and O–H groups in total. The van der Waals surface area contributed by atoms with Crippen LogP contribution < -0.4 is 16.2 Å². The van der Waals surface area contributed by atoms with Crippen LogP contribution in [0.2, 0.25) is 0 Å². The highest BCUT2D eigenvalue weighted by Crippen LogP contribution is 2.30. The molecule has 1 amide bonds. The molecular weight excluding hydrogens is 355 g/mol. The Hall–Kier alpha value is -3.01. The first-order chi connectivity index (χ1) is 12.2. The van der Waals surface area contributed by atoms with E-state index in [1.54, 1.807) is 30.4 Å². The van der Waals surface area contributed by atoms with Crippen molar-refractivity contribution < 1.29 is 31.9 Å². The third kappa shape index (κ3) is 3.80. The highest BCUT2D eigenvalue weighted by Gasteiger charge is 2.63. The lowest BCUT2D eigenvalue weighted by Gasteiger charge is -2.34. The van der Waals surface area contributed by atoms with E-state index in [1.807, 2.05) is 5.43 Å². The smallest absolute Gasteiger partial charge is 0.438 e. The van der Waals surface area contributed by atoms with E-state index < -0.39 is 29.5 Å². The molecule has 0 fully saturated rings. The van der Waals surface area contributed by atoms with Crippen molar-refractivity contribution in [1.82, 2.24) is 10.7 Å². The summed E-state index contributed by atoms with van der Waals surface area (Å²) in [5.74, 6) is -3.41. The fourth-order valence-corrected chi connectivity index (χ4v) is 2.06. The SMILES string of the molecule is COC(=O)C(NNc1ccccc1C)(NC(=O)c1ccco1)C(F)(F)F. The molecule has 0 saturated carbocycles. The van der Waals surface area contributed by atoms with Crippen LogP contribution in [0.15, 0.2) is 47.1 Å². The molecule has 10 heteroatoms. The average molecular weight is 371 g/mol. The van der Waals surface area contributed by atoms with Gasteiger partial charge >= 0.3 is 17.8 Å². The van der Waals surface area contributed by atoms with Crippen LogP contribution in [0.3, 0.4) is 0 Å². The lowest BCUT2D eigenvalue weighted by atomic mass is 10.1. The summed E-state index contributed by atoms with van der Waals surface area (Å²) in [6.07, 6.45) is -4.13. The minimum atomic E-state index is -5.24. The molecule has 140 valence electrons. The molecule has 0 bridgehead atoms. The van der Waals surface area contributed by atoms with E-state index in [-0.39, 0.29) is 5.69 Å². The zero-order valence-electron chi connectivity index (χ0n) is 13.8. The fraction of sp³-hybridized carbons (Fsp3) is 0.250. The lowest BCUT2D eigenvalue weighted by Crippen LogP contribution is -2.73. The van der Waals surface area contributed by atoms with E-state index in [9.17, 15) is 22.8 Å². The van der Waals surface area contributed by atoms with Gasteiger partial charge < -0.3 is 19.9 Å². The minimum Gasteiger partial charge on any atom is -0.466 e. The van der Waals surface area contributed by atoms with Crippen molar-refractivity contribution in [2.24, 2.45) is 0 Å². The van der Waals surface area contributed by atoms with Crippen LogP contribution in [0.1, 0.15) is 16.1 Å². The predicted octanol–water partition coefficient (Wildman–Crippen LogP) is 2.37. The zero-order valence-corrected chi connectivity index (χ0v) is 13.8. The molecule has 1 heterocycles. The summed E-state index contributed by atoms with van der Waals surface area (Å²) in [5.41, 5.74) is 1.50. The Balaban J connectivity index is 2.37. The first-order valence-electron chi connectivity index (χ1n) is 7.31. The second kappa shape index (κ2) is 7.48. The number of esters is 1. The van der Waals surface area contributed by atoms with Crippen molar-refractivity contribution in [2.75, 3.05) is 12.5 Å². The van der Waals surface area contributed by atoms with Crippen molar-refractivity contribution in [2.45, 2.75) is 18.8 Å². The van der Waals surface area contributed by atoms with Crippen molar-refractivity contribution in [1.29, 1.82) is 0 Å². The summed E-state index contributed by atoms with van der Waals surface area (Å²) in [5, 5.41) is 1.61. The summed E-state index contributed by atoms with van der Waals surface area (Å²) < 4.78 is 50.3. The maximum atomic E-state index is 13.8. The van der Waals surface area contributed by atoms with Crippen molar-refractivity contribution in [3.8, 4) is 0 Å². The Kier molecular flexibility index (Phi) is 5.56. The maximum absolute atomic E-state index is 13.8. The van der Waals surface area contributed by atoms with Crippen LogP contribution in [0.5, 0.6) is 0 Å². The molecule has 0 saturated heterocycles. The number of amides is 1. The number of benzene rings is 1. The van der Waals surface area contributed by atoms with Crippen LogP contribution in [0.25, 0.3) is 0 Å². The van der Waals surface area contributed by atoms with E-state index in [0.717, 1.165) is 19.4 Å². The van der Waals surface area contributed by atoms with Gasteiger partial charge in [-0.3, -0.25) is 4.79 Å². The second-order valence-corrected chi connectivity index (χ2v) is 5.24. The van der Waals surface area contributed by atoms with Crippen molar-refractivity contribution >= 4 is 17.6 Å². The molecule has 1 atom stereocenters. The topological polar surface area (TPSA) is 92.6 Å². The van der Waals surface area contributed by atoms with Gasteiger partial charge in [0.1, 0.15) is 0 Å². The number of anilines is 1. The highest BCUT2D eigenvalue weighted by molar-refractivity contribution is 5.96. The number of halogens is 3. The number of para-hydroxylation sites is 1. The molecule has 0 radical (unpaired) electrons. The number of ether oxygens (including phenoxy) is 1. The number of carbonyl (C=O) groups excluding carboxylic acids is 2. The monoisotopic (exact) mass is 371 g/mol. The predicted molar refractivity (Wildman–Crippen MR) is 84.9 cm³/mol. The second-order valence-electron chi connectivity index (χ2n) is 5.24.